The van der Waals surface area contributed by atoms with E-state index in [2.05, 4.69) is 6.92 Å². The number of carbonyl (C=O) groups is 3. The lowest BCUT2D eigenvalue weighted by atomic mass is 10.0. The Kier molecular flexibility index (Phi) is 24.3. The second-order valence-electron chi connectivity index (χ2n) is 9.83. The van der Waals surface area contributed by atoms with Crippen LogP contribution in [0, 0.1) is 0 Å². The molecule has 0 aliphatic rings. The zero-order valence-electron chi connectivity index (χ0n) is 23.1. The summed E-state index contributed by atoms with van der Waals surface area (Å²) in [5, 5.41) is 0. The third-order valence-electron chi connectivity index (χ3n) is 6.22. The van der Waals surface area contributed by atoms with Crippen LogP contribution in [-0.4, -0.2) is 37.2 Å². The first-order valence-corrected chi connectivity index (χ1v) is 14.4. The van der Waals surface area contributed by atoms with E-state index in [1.54, 1.807) is 0 Å². The van der Waals surface area contributed by atoms with Crippen molar-refractivity contribution in [2.45, 2.75) is 155 Å². The summed E-state index contributed by atoms with van der Waals surface area (Å²) < 4.78 is 15.0. The van der Waals surface area contributed by atoms with Gasteiger partial charge in [0.05, 0.1) is 0 Å². The average Bonchev–Trinajstić information content (AvgIpc) is 2.82. The lowest BCUT2D eigenvalue weighted by molar-refractivity contribution is -0.164. The van der Waals surface area contributed by atoms with Gasteiger partial charge in [-0.2, -0.15) is 0 Å². The van der Waals surface area contributed by atoms with Crippen molar-refractivity contribution in [3.8, 4) is 0 Å². The molecule has 0 N–H and O–H groups in total. The van der Waals surface area contributed by atoms with Crippen LogP contribution in [-0.2, 0) is 28.6 Å². The van der Waals surface area contributed by atoms with Crippen molar-refractivity contribution >= 4 is 17.9 Å². The van der Waals surface area contributed by atoms with Gasteiger partial charge in [0, 0.05) is 20.3 Å². The molecule has 6 nitrogen and oxygen atoms in total. The smallest absolute Gasteiger partial charge is 0.305 e. The minimum Gasteiger partial charge on any atom is -0.462 e. The van der Waals surface area contributed by atoms with Crippen molar-refractivity contribution in [3.63, 3.8) is 0 Å². The van der Waals surface area contributed by atoms with Gasteiger partial charge < -0.3 is 14.2 Å². The summed E-state index contributed by atoms with van der Waals surface area (Å²) in [7, 11) is 0. The first kappa shape index (κ1) is 33.4. The molecular formula is C29H54O6. The first-order valence-electron chi connectivity index (χ1n) is 14.4. The van der Waals surface area contributed by atoms with Crippen molar-refractivity contribution in [3.05, 3.63) is 0 Å². The van der Waals surface area contributed by atoms with Gasteiger partial charge >= 0.3 is 17.9 Å². The lowest BCUT2D eigenvalue weighted by Crippen LogP contribution is -2.29. The van der Waals surface area contributed by atoms with Crippen LogP contribution in [0.4, 0.5) is 0 Å². The zero-order chi connectivity index (χ0) is 26.0. The van der Waals surface area contributed by atoms with Crippen LogP contribution in [0.25, 0.3) is 0 Å². The third-order valence-corrected chi connectivity index (χ3v) is 6.22. The number of unbranched alkanes of at least 4 members (excludes halogenated alkanes) is 18. The van der Waals surface area contributed by atoms with E-state index < -0.39 is 18.0 Å². The molecule has 0 aromatic rings. The first-order chi connectivity index (χ1) is 17.0. The Morgan fingerprint density at radius 2 is 0.886 bits per heavy atom. The molecule has 1 atom stereocenters. The maximum atomic E-state index is 11.9. The highest BCUT2D eigenvalue weighted by molar-refractivity contribution is 5.69. The van der Waals surface area contributed by atoms with E-state index in [1.807, 2.05) is 0 Å². The van der Waals surface area contributed by atoms with Crippen molar-refractivity contribution in [2.24, 2.45) is 0 Å². The van der Waals surface area contributed by atoms with Crippen LogP contribution in [0.15, 0.2) is 0 Å². The summed E-state index contributed by atoms with van der Waals surface area (Å²) in [6.07, 6.45) is 24.6. The molecule has 35 heavy (non-hydrogen) atoms. The van der Waals surface area contributed by atoms with Gasteiger partial charge in [-0.15, -0.1) is 0 Å². The Morgan fingerprint density at radius 1 is 0.514 bits per heavy atom. The van der Waals surface area contributed by atoms with Crippen molar-refractivity contribution in [1.82, 2.24) is 0 Å². The number of ether oxygens (including phenoxy) is 3. The van der Waals surface area contributed by atoms with Gasteiger partial charge in [-0.25, -0.2) is 0 Å². The maximum absolute atomic E-state index is 11.9. The molecule has 1 unspecified atom stereocenters. The van der Waals surface area contributed by atoms with Crippen LogP contribution in [0.3, 0.4) is 0 Å². The summed E-state index contributed by atoms with van der Waals surface area (Å²) in [6, 6.07) is 0. The van der Waals surface area contributed by atoms with E-state index in [1.165, 1.54) is 117 Å². The number of rotatable bonds is 25. The number of hydrogen-bond acceptors (Lipinski definition) is 6. The van der Waals surface area contributed by atoms with E-state index in [-0.39, 0.29) is 19.2 Å². The normalized spacial score (nSPS) is 11.7. The molecule has 0 aliphatic heterocycles. The second kappa shape index (κ2) is 25.5. The Hall–Kier alpha value is -1.59. The summed E-state index contributed by atoms with van der Waals surface area (Å²) >= 11 is 0. The van der Waals surface area contributed by atoms with Crippen LogP contribution in [0.2, 0.25) is 0 Å². The number of esters is 3. The van der Waals surface area contributed by atoms with Gasteiger partial charge in [0.15, 0.2) is 6.10 Å². The molecule has 0 fully saturated rings. The van der Waals surface area contributed by atoms with E-state index in [4.69, 9.17) is 14.2 Å². The Balaban J connectivity index is 3.41. The molecule has 0 rings (SSSR count). The van der Waals surface area contributed by atoms with Gasteiger partial charge in [-0.1, -0.05) is 122 Å². The molecule has 0 aliphatic carbocycles. The van der Waals surface area contributed by atoms with Crippen molar-refractivity contribution < 1.29 is 28.6 Å². The quantitative estimate of drug-likeness (QED) is 0.0724. The minimum atomic E-state index is -0.759. The molecule has 0 saturated heterocycles. The Morgan fingerprint density at radius 3 is 1.26 bits per heavy atom. The van der Waals surface area contributed by atoms with E-state index in [0.29, 0.717) is 6.42 Å². The molecular weight excluding hydrogens is 444 g/mol. The topological polar surface area (TPSA) is 78.9 Å². The second-order valence-corrected chi connectivity index (χ2v) is 9.83. The van der Waals surface area contributed by atoms with Gasteiger partial charge in [0.1, 0.15) is 13.2 Å². The van der Waals surface area contributed by atoms with Crippen molar-refractivity contribution in [1.29, 1.82) is 0 Å². The third kappa shape index (κ3) is 26.9. The molecule has 0 saturated carbocycles. The monoisotopic (exact) mass is 498 g/mol. The highest BCUT2D eigenvalue weighted by atomic mass is 16.6. The van der Waals surface area contributed by atoms with E-state index >= 15 is 0 Å². The molecule has 0 bridgehead atoms. The van der Waals surface area contributed by atoms with E-state index in [0.717, 1.165) is 19.3 Å². The standard InChI is InChI=1S/C29H54O6/c1-4-5-6-7-8-9-10-11-12-13-14-15-16-17-18-19-20-21-22-23-29(32)34-25-28(35-27(3)31)24-33-26(2)30/h28H,4-25H2,1-3H3. The predicted octanol–water partition coefficient (Wildman–Crippen LogP) is 7.85. The highest BCUT2D eigenvalue weighted by Gasteiger charge is 2.16. The molecule has 0 heterocycles. The minimum absolute atomic E-state index is 0.0924. The lowest BCUT2D eigenvalue weighted by Gasteiger charge is -2.16. The fourth-order valence-electron chi connectivity index (χ4n) is 4.17. The van der Waals surface area contributed by atoms with Gasteiger partial charge in [-0.3, -0.25) is 14.4 Å². The number of hydrogen-bond donors (Lipinski definition) is 0. The van der Waals surface area contributed by atoms with Crippen molar-refractivity contribution in [2.75, 3.05) is 13.2 Å². The van der Waals surface area contributed by atoms with Crippen LogP contribution in [0.1, 0.15) is 149 Å². The summed E-state index contributed by atoms with van der Waals surface area (Å²) in [6.45, 7) is 4.61. The average molecular weight is 499 g/mol. The number of carbonyl (C=O) groups excluding carboxylic acids is 3. The maximum Gasteiger partial charge on any atom is 0.305 e. The summed E-state index contributed by atoms with van der Waals surface area (Å²) in [5.74, 6) is -1.28. The molecule has 0 radical (unpaired) electrons. The van der Waals surface area contributed by atoms with Crippen LogP contribution in [0.5, 0.6) is 0 Å². The Labute approximate surface area is 215 Å². The molecule has 0 aromatic heterocycles. The van der Waals surface area contributed by atoms with Gasteiger partial charge in [0.25, 0.3) is 0 Å². The molecule has 0 spiro atoms. The highest BCUT2D eigenvalue weighted by Crippen LogP contribution is 2.15. The SMILES string of the molecule is CCCCCCCCCCCCCCCCCCCCCC(=O)OCC(COC(C)=O)OC(C)=O. The largest absolute Gasteiger partial charge is 0.462 e. The van der Waals surface area contributed by atoms with Crippen LogP contribution < -0.4 is 0 Å². The van der Waals surface area contributed by atoms with Gasteiger partial charge in [0.2, 0.25) is 0 Å². The predicted molar refractivity (Wildman–Crippen MR) is 141 cm³/mol. The fourth-order valence-corrected chi connectivity index (χ4v) is 4.17. The molecule has 6 heteroatoms. The Bertz CT molecular complexity index is 519. The van der Waals surface area contributed by atoms with Gasteiger partial charge in [-0.05, 0) is 6.42 Å². The zero-order valence-corrected chi connectivity index (χ0v) is 23.1. The van der Waals surface area contributed by atoms with Crippen LogP contribution >= 0.6 is 0 Å². The molecule has 206 valence electrons. The molecule has 0 aromatic carbocycles. The molecule has 0 amide bonds. The summed E-state index contributed by atoms with van der Waals surface area (Å²) in [5.41, 5.74) is 0. The summed E-state index contributed by atoms with van der Waals surface area (Å²) in [4.78, 5) is 33.9. The fraction of sp³-hybridized carbons (Fsp3) is 0.897. The van der Waals surface area contributed by atoms with E-state index in [9.17, 15) is 14.4 Å².